The van der Waals surface area contributed by atoms with Crippen molar-refractivity contribution in [2.45, 2.75) is 26.7 Å². The Morgan fingerprint density at radius 3 is 2.68 bits per heavy atom. The number of nitrogens with one attached hydrogen (secondary N) is 1. The molecule has 1 amide bonds. The summed E-state index contributed by atoms with van der Waals surface area (Å²) in [4.78, 5) is 22.8. The largest absolute Gasteiger partial charge is 0.481 e. The quantitative estimate of drug-likeness (QED) is 0.831. The van der Waals surface area contributed by atoms with Crippen molar-refractivity contribution in [2.75, 3.05) is 6.54 Å². The SMILES string of the molecule is CCCC(CNC(=O)c1cc(F)ccc1C)C(=O)O. The molecule has 0 aromatic heterocycles. The molecule has 5 heteroatoms. The third-order valence-electron chi connectivity index (χ3n) is 2.94. The van der Waals surface area contributed by atoms with Crippen molar-refractivity contribution in [2.24, 2.45) is 5.92 Å². The minimum Gasteiger partial charge on any atom is -0.481 e. The van der Waals surface area contributed by atoms with E-state index in [1.54, 1.807) is 6.92 Å². The number of amides is 1. The molecule has 0 saturated heterocycles. The predicted octanol–water partition coefficient (Wildman–Crippen LogP) is 2.36. The molecule has 1 aromatic rings. The molecule has 0 fully saturated rings. The summed E-state index contributed by atoms with van der Waals surface area (Å²) in [5, 5.41) is 11.5. The van der Waals surface area contributed by atoms with Gasteiger partial charge in [0.25, 0.3) is 5.91 Å². The molecule has 1 rings (SSSR count). The summed E-state index contributed by atoms with van der Waals surface area (Å²) in [5.74, 6) is -2.47. The molecule has 1 atom stereocenters. The molecule has 0 aliphatic rings. The monoisotopic (exact) mass is 267 g/mol. The zero-order valence-electron chi connectivity index (χ0n) is 11.1. The van der Waals surface area contributed by atoms with E-state index >= 15 is 0 Å². The maximum Gasteiger partial charge on any atom is 0.308 e. The molecule has 0 heterocycles. The number of carbonyl (C=O) groups excluding carboxylic acids is 1. The molecule has 0 aliphatic carbocycles. The summed E-state index contributed by atoms with van der Waals surface area (Å²) in [6.07, 6.45) is 1.23. The summed E-state index contributed by atoms with van der Waals surface area (Å²) >= 11 is 0. The van der Waals surface area contributed by atoms with E-state index in [0.717, 1.165) is 12.5 Å². The Hall–Kier alpha value is -1.91. The van der Waals surface area contributed by atoms with Crippen LogP contribution in [0.3, 0.4) is 0 Å². The van der Waals surface area contributed by atoms with Gasteiger partial charge in [0.15, 0.2) is 0 Å². The van der Waals surface area contributed by atoms with Crippen LogP contribution in [0.5, 0.6) is 0 Å². The predicted molar refractivity (Wildman–Crippen MR) is 69.5 cm³/mol. The van der Waals surface area contributed by atoms with Crippen molar-refractivity contribution in [3.05, 3.63) is 35.1 Å². The molecule has 104 valence electrons. The first-order chi connectivity index (χ1) is 8.95. The molecule has 2 N–H and O–H groups in total. The highest BCUT2D eigenvalue weighted by Gasteiger charge is 2.18. The number of aliphatic carboxylic acids is 1. The lowest BCUT2D eigenvalue weighted by molar-refractivity contribution is -0.141. The van der Waals surface area contributed by atoms with Crippen molar-refractivity contribution in [3.8, 4) is 0 Å². The second kappa shape index (κ2) is 6.87. The van der Waals surface area contributed by atoms with Gasteiger partial charge in [-0.05, 0) is 31.0 Å². The lowest BCUT2D eigenvalue weighted by Gasteiger charge is -2.13. The number of hydrogen-bond donors (Lipinski definition) is 2. The van der Waals surface area contributed by atoms with Gasteiger partial charge in [0, 0.05) is 12.1 Å². The number of carboxylic acid groups (broad SMARTS) is 1. The lowest BCUT2D eigenvalue weighted by Crippen LogP contribution is -2.33. The molecule has 0 radical (unpaired) electrons. The summed E-state index contributed by atoms with van der Waals surface area (Å²) in [6, 6.07) is 3.95. The first-order valence-electron chi connectivity index (χ1n) is 6.22. The van der Waals surface area contributed by atoms with Gasteiger partial charge in [-0.3, -0.25) is 9.59 Å². The Bertz CT molecular complexity index is 474. The van der Waals surface area contributed by atoms with Crippen molar-refractivity contribution < 1.29 is 19.1 Å². The van der Waals surface area contributed by atoms with Gasteiger partial charge in [-0.1, -0.05) is 19.4 Å². The fourth-order valence-electron chi connectivity index (χ4n) is 1.81. The van der Waals surface area contributed by atoms with Crippen LogP contribution in [0.1, 0.15) is 35.7 Å². The van der Waals surface area contributed by atoms with Crippen LogP contribution >= 0.6 is 0 Å². The van der Waals surface area contributed by atoms with Crippen LogP contribution in [0.15, 0.2) is 18.2 Å². The van der Waals surface area contributed by atoms with Gasteiger partial charge in [0.05, 0.1) is 5.92 Å². The van der Waals surface area contributed by atoms with Crippen LogP contribution in [-0.2, 0) is 4.79 Å². The fraction of sp³-hybridized carbons (Fsp3) is 0.429. The number of carbonyl (C=O) groups is 2. The molecule has 0 aliphatic heterocycles. The zero-order valence-corrected chi connectivity index (χ0v) is 11.1. The topological polar surface area (TPSA) is 66.4 Å². The Morgan fingerprint density at radius 2 is 2.11 bits per heavy atom. The van der Waals surface area contributed by atoms with E-state index in [1.165, 1.54) is 12.1 Å². The van der Waals surface area contributed by atoms with Crippen LogP contribution in [0.25, 0.3) is 0 Å². The highest BCUT2D eigenvalue weighted by Crippen LogP contribution is 2.11. The second-order valence-corrected chi connectivity index (χ2v) is 4.49. The standard InChI is InChI=1S/C14H18FNO3/c1-3-4-10(14(18)19)8-16-13(17)12-7-11(15)6-5-9(12)2/h5-7,10H,3-4,8H2,1-2H3,(H,16,17)(H,18,19). The van der Waals surface area contributed by atoms with Gasteiger partial charge in [-0.25, -0.2) is 4.39 Å². The van der Waals surface area contributed by atoms with Crippen LogP contribution in [-0.4, -0.2) is 23.5 Å². The van der Waals surface area contributed by atoms with E-state index in [4.69, 9.17) is 5.11 Å². The summed E-state index contributed by atoms with van der Waals surface area (Å²) in [6.45, 7) is 3.64. The number of rotatable bonds is 6. The fourth-order valence-corrected chi connectivity index (χ4v) is 1.81. The van der Waals surface area contributed by atoms with E-state index < -0.39 is 23.6 Å². The first kappa shape index (κ1) is 15.1. The Kier molecular flexibility index (Phi) is 5.48. The van der Waals surface area contributed by atoms with E-state index in [9.17, 15) is 14.0 Å². The maximum absolute atomic E-state index is 13.1. The van der Waals surface area contributed by atoms with Crippen molar-refractivity contribution in [1.82, 2.24) is 5.32 Å². The maximum atomic E-state index is 13.1. The molecular weight excluding hydrogens is 249 g/mol. The highest BCUT2D eigenvalue weighted by molar-refractivity contribution is 5.95. The number of carboxylic acids is 1. The number of aryl methyl sites for hydroxylation is 1. The average molecular weight is 267 g/mol. The number of halogens is 1. The van der Waals surface area contributed by atoms with E-state index in [2.05, 4.69) is 5.32 Å². The number of benzene rings is 1. The molecule has 0 spiro atoms. The average Bonchev–Trinajstić information content (AvgIpc) is 2.36. The van der Waals surface area contributed by atoms with Crippen LogP contribution in [0.4, 0.5) is 4.39 Å². The van der Waals surface area contributed by atoms with Crippen molar-refractivity contribution >= 4 is 11.9 Å². The highest BCUT2D eigenvalue weighted by atomic mass is 19.1. The van der Waals surface area contributed by atoms with Gasteiger partial charge in [-0.15, -0.1) is 0 Å². The Morgan fingerprint density at radius 1 is 1.42 bits per heavy atom. The third-order valence-corrected chi connectivity index (χ3v) is 2.94. The Labute approximate surface area is 111 Å². The van der Waals surface area contributed by atoms with Gasteiger partial charge in [0.1, 0.15) is 5.82 Å². The van der Waals surface area contributed by atoms with Crippen LogP contribution in [0.2, 0.25) is 0 Å². The molecule has 0 bridgehead atoms. The van der Waals surface area contributed by atoms with Crippen molar-refractivity contribution in [1.29, 1.82) is 0 Å². The Balaban J connectivity index is 2.69. The summed E-state index contributed by atoms with van der Waals surface area (Å²) in [5.41, 5.74) is 0.891. The zero-order chi connectivity index (χ0) is 14.4. The van der Waals surface area contributed by atoms with Gasteiger partial charge in [0.2, 0.25) is 0 Å². The molecule has 4 nitrogen and oxygen atoms in total. The van der Waals surface area contributed by atoms with Gasteiger partial charge >= 0.3 is 5.97 Å². The van der Waals surface area contributed by atoms with Gasteiger partial charge < -0.3 is 10.4 Å². The van der Waals surface area contributed by atoms with E-state index in [1.807, 2.05) is 6.92 Å². The van der Waals surface area contributed by atoms with Gasteiger partial charge in [-0.2, -0.15) is 0 Å². The van der Waals surface area contributed by atoms with E-state index in [-0.39, 0.29) is 12.1 Å². The smallest absolute Gasteiger partial charge is 0.308 e. The minimum absolute atomic E-state index is 0.0535. The van der Waals surface area contributed by atoms with Crippen molar-refractivity contribution in [3.63, 3.8) is 0 Å². The lowest BCUT2D eigenvalue weighted by atomic mass is 10.0. The first-order valence-corrected chi connectivity index (χ1v) is 6.22. The number of hydrogen-bond acceptors (Lipinski definition) is 2. The summed E-state index contributed by atoms with van der Waals surface area (Å²) in [7, 11) is 0. The second-order valence-electron chi connectivity index (χ2n) is 4.49. The van der Waals surface area contributed by atoms with Crippen LogP contribution < -0.4 is 5.32 Å². The molecule has 19 heavy (non-hydrogen) atoms. The third kappa shape index (κ3) is 4.35. The van der Waals surface area contributed by atoms with Crippen LogP contribution in [0, 0.1) is 18.7 Å². The molecule has 1 unspecified atom stereocenters. The normalized spacial score (nSPS) is 11.9. The molecule has 0 saturated carbocycles. The molecule has 1 aromatic carbocycles. The minimum atomic E-state index is -0.932. The molecular formula is C14H18FNO3. The van der Waals surface area contributed by atoms with E-state index in [0.29, 0.717) is 12.0 Å². The summed E-state index contributed by atoms with van der Waals surface area (Å²) < 4.78 is 13.1.